The largest absolute Gasteiger partial charge is 0.379 e. The molecule has 2 N–H and O–H groups in total. The quantitative estimate of drug-likeness (QED) is 0.253. The van der Waals surface area contributed by atoms with Crippen molar-refractivity contribution in [2.24, 2.45) is 10.9 Å². The number of rotatable bonds is 8. The van der Waals surface area contributed by atoms with Crippen LogP contribution in [0.1, 0.15) is 32.1 Å². The Bertz CT molecular complexity index is 351. The molecule has 24 heavy (non-hydrogen) atoms. The predicted molar refractivity (Wildman–Crippen MR) is 109 cm³/mol. The van der Waals surface area contributed by atoms with E-state index < -0.39 is 0 Å². The smallest absolute Gasteiger partial charge is 0.190 e. The van der Waals surface area contributed by atoms with Crippen molar-refractivity contribution in [3.8, 4) is 0 Å². The Morgan fingerprint density at radius 1 is 1.29 bits per heavy atom. The minimum Gasteiger partial charge on any atom is -0.379 e. The van der Waals surface area contributed by atoms with Crippen LogP contribution in [0.3, 0.4) is 0 Å². The average Bonchev–Trinajstić information content (AvgIpc) is 3.07. The molecule has 2 saturated heterocycles. The van der Waals surface area contributed by atoms with Gasteiger partial charge < -0.3 is 25.0 Å². The molecule has 2 atom stereocenters. The Balaban J connectivity index is 0.00000288. The molecule has 0 saturated carbocycles. The summed E-state index contributed by atoms with van der Waals surface area (Å²) >= 11 is 0. The second-order valence-electron chi connectivity index (χ2n) is 6.71. The van der Waals surface area contributed by atoms with Crippen molar-refractivity contribution in [2.45, 2.75) is 38.2 Å². The number of aliphatic imine (C=N–C) groups is 1. The summed E-state index contributed by atoms with van der Waals surface area (Å²) in [5, 5.41) is 6.81. The van der Waals surface area contributed by atoms with Crippen molar-refractivity contribution >= 4 is 29.9 Å². The fraction of sp³-hybridized carbons (Fsp3) is 0.941. The third kappa shape index (κ3) is 8.82. The molecule has 2 unspecified atom stereocenters. The highest BCUT2D eigenvalue weighted by molar-refractivity contribution is 14.0. The molecule has 142 valence electrons. The molecular weight excluding hydrogens is 419 g/mol. The Labute approximate surface area is 164 Å². The molecule has 7 heteroatoms. The first-order valence-corrected chi connectivity index (χ1v) is 9.10. The second-order valence-corrected chi connectivity index (χ2v) is 6.71. The van der Waals surface area contributed by atoms with Gasteiger partial charge in [0.1, 0.15) is 0 Å². The minimum absolute atomic E-state index is 0. The number of ether oxygens (including phenoxy) is 2. The topological polar surface area (TPSA) is 58.1 Å². The molecule has 2 rings (SSSR count). The van der Waals surface area contributed by atoms with Gasteiger partial charge in [0.2, 0.25) is 0 Å². The Hall–Kier alpha value is -0.120. The highest BCUT2D eigenvalue weighted by atomic mass is 127. The van der Waals surface area contributed by atoms with Crippen molar-refractivity contribution in [2.75, 3.05) is 60.1 Å². The lowest BCUT2D eigenvalue weighted by molar-refractivity contribution is 0.0168. The molecule has 0 aromatic rings. The van der Waals surface area contributed by atoms with E-state index in [-0.39, 0.29) is 24.0 Å². The number of likely N-dealkylation sites (tertiary alicyclic amines) is 1. The molecule has 0 aromatic heterocycles. The normalized spacial score (nSPS) is 25.3. The Morgan fingerprint density at radius 3 is 2.88 bits per heavy atom. The van der Waals surface area contributed by atoms with E-state index in [1.54, 1.807) is 0 Å². The van der Waals surface area contributed by atoms with Crippen LogP contribution in [-0.2, 0) is 9.47 Å². The lowest BCUT2D eigenvalue weighted by atomic mass is 9.99. The van der Waals surface area contributed by atoms with Gasteiger partial charge >= 0.3 is 0 Å². The zero-order chi connectivity index (χ0) is 16.3. The van der Waals surface area contributed by atoms with Gasteiger partial charge in [-0.05, 0) is 51.6 Å². The number of hydrogen-bond donors (Lipinski definition) is 2. The van der Waals surface area contributed by atoms with Crippen molar-refractivity contribution < 1.29 is 9.47 Å². The lowest BCUT2D eigenvalue weighted by Gasteiger charge is -2.30. The van der Waals surface area contributed by atoms with Gasteiger partial charge in [0.15, 0.2) is 5.96 Å². The standard InChI is InChI=1S/C17H34N4O2.HI/c1-18-17(20-12-15-6-3-9-21(2)13-15)19-8-5-10-22-14-16-7-4-11-23-16;/h15-16H,3-14H2,1-2H3,(H2,18,19,20);1H. The maximum atomic E-state index is 5.67. The van der Waals surface area contributed by atoms with Crippen LogP contribution < -0.4 is 10.6 Å². The molecular formula is C17H35IN4O2. The van der Waals surface area contributed by atoms with E-state index in [9.17, 15) is 0 Å². The first-order chi connectivity index (χ1) is 11.3. The van der Waals surface area contributed by atoms with Crippen molar-refractivity contribution in [3.05, 3.63) is 0 Å². The predicted octanol–water partition coefficient (Wildman–Crippen LogP) is 1.70. The molecule has 0 spiro atoms. The highest BCUT2D eigenvalue weighted by Gasteiger charge is 2.17. The summed E-state index contributed by atoms with van der Waals surface area (Å²) in [6.45, 7) is 6.71. The van der Waals surface area contributed by atoms with Crippen LogP contribution in [0, 0.1) is 5.92 Å². The van der Waals surface area contributed by atoms with Crippen LogP contribution in [0.25, 0.3) is 0 Å². The van der Waals surface area contributed by atoms with Crippen molar-refractivity contribution in [1.82, 2.24) is 15.5 Å². The third-order valence-electron chi connectivity index (χ3n) is 4.59. The fourth-order valence-electron chi connectivity index (χ4n) is 3.27. The van der Waals surface area contributed by atoms with Crippen LogP contribution in [-0.4, -0.2) is 77.1 Å². The van der Waals surface area contributed by atoms with E-state index in [4.69, 9.17) is 9.47 Å². The third-order valence-corrected chi connectivity index (χ3v) is 4.59. The summed E-state index contributed by atoms with van der Waals surface area (Å²) in [6, 6.07) is 0. The zero-order valence-electron chi connectivity index (χ0n) is 15.3. The minimum atomic E-state index is 0. The maximum Gasteiger partial charge on any atom is 0.190 e. The fourth-order valence-corrected chi connectivity index (χ4v) is 3.27. The van der Waals surface area contributed by atoms with Gasteiger partial charge in [-0.3, -0.25) is 4.99 Å². The van der Waals surface area contributed by atoms with Gasteiger partial charge in [-0.15, -0.1) is 24.0 Å². The molecule has 0 amide bonds. The molecule has 2 heterocycles. The molecule has 2 fully saturated rings. The van der Waals surface area contributed by atoms with Gasteiger partial charge in [-0.2, -0.15) is 0 Å². The summed E-state index contributed by atoms with van der Waals surface area (Å²) in [7, 11) is 4.03. The monoisotopic (exact) mass is 454 g/mol. The summed E-state index contributed by atoms with van der Waals surface area (Å²) < 4.78 is 11.2. The molecule has 0 radical (unpaired) electrons. The lowest BCUT2D eigenvalue weighted by Crippen LogP contribution is -2.43. The summed E-state index contributed by atoms with van der Waals surface area (Å²) in [5.74, 6) is 1.62. The number of nitrogens with zero attached hydrogens (tertiary/aromatic N) is 2. The maximum absolute atomic E-state index is 5.67. The van der Waals surface area contributed by atoms with Crippen molar-refractivity contribution in [1.29, 1.82) is 0 Å². The summed E-state index contributed by atoms with van der Waals surface area (Å²) in [5.41, 5.74) is 0. The van der Waals surface area contributed by atoms with E-state index in [1.165, 1.54) is 32.4 Å². The van der Waals surface area contributed by atoms with Crippen LogP contribution in [0.5, 0.6) is 0 Å². The van der Waals surface area contributed by atoms with Gasteiger partial charge in [0, 0.05) is 39.9 Å². The Morgan fingerprint density at radius 2 is 2.17 bits per heavy atom. The Kier molecular flexibility index (Phi) is 12.0. The molecule has 2 aliphatic rings. The molecule has 2 aliphatic heterocycles. The van der Waals surface area contributed by atoms with E-state index in [0.717, 1.165) is 57.6 Å². The van der Waals surface area contributed by atoms with Gasteiger partial charge in [-0.25, -0.2) is 0 Å². The number of piperidine rings is 1. The molecule has 6 nitrogen and oxygen atoms in total. The number of guanidine groups is 1. The molecule has 0 aromatic carbocycles. The first kappa shape index (κ1) is 21.9. The SMILES string of the molecule is CN=C(NCCCOCC1CCCO1)NCC1CCCN(C)C1.I. The summed E-state index contributed by atoms with van der Waals surface area (Å²) in [6.07, 6.45) is 6.24. The van der Waals surface area contributed by atoms with Gasteiger partial charge in [0.25, 0.3) is 0 Å². The van der Waals surface area contributed by atoms with Gasteiger partial charge in [0.05, 0.1) is 12.7 Å². The van der Waals surface area contributed by atoms with Crippen LogP contribution in [0.4, 0.5) is 0 Å². The van der Waals surface area contributed by atoms with Crippen molar-refractivity contribution in [3.63, 3.8) is 0 Å². The van der Waals surface area contributed by atoms with Crippen LogP contribution >= 0.6 is 24.0 Å². The van der Waals surface area contributed by atoms with Crippen LogP contribution in [0.15, 0.2) is 4.99 Å². The molecule has 0 aliphatic carbocycles. The van der Waals surface area contributed by atoms with E-state index in [1.807, 2.05) is 7.05 Å². The second kappa shape index (κ2) is 13.1. The number of halogens is 1. The van der Waals surface area contributed by atoms with E-state index in [2.05, 4.69) is 27.6 Å². The zero-order valence-corrected chi connectivity index (χ0v) is 17.6. The summed E-state index contributed by atoms with van der Waals surface area (Å²) in [4.78, 5) is 6.71. The number of hydrogen-bond acceptors (Lipinski definition) is 4. The highest BCUT2D eigenvalue weighted by Crippen LogP contribution is 2.13. The van der Waals surface area contributed by atoms with Crippen LogP contribution in [0.2, 0.25) is 0 Å². The number of nitrogens with one attached hydrogen (secondary N) is 2. The average molecular weight is 454 g/mol. The van der Waals surface area contributed by atoms with E-state index >= 15 is 0 Å². The first-order valence-electron chi connectivity index (χ1n) is 9.10. The van der Waals surface area contributed by atoms with E-state index in [0.29, 0.717) is 6.10 Å². The molecule has 0 bridgehead atoms. The van der Waals surface area contributed by atoms with Gasteiger partial charge in [-0.1, -0.05) is 0 Å².